The van der Waals surface area contributed by atoms with Gasteiger partial charge in [-0.1, -0.05) is 128 Å². The summed E-state index contributed by atoms with van der Waals surface area (Å²) in [4.78, 5) is 0. The Balaban J connectivity index is 1.60. The van der Waals surface area contributed by atoms with Crippen LogP contribution >= 0.6 is 11.3 Å². The zero-order valence-corrected chi connectivity index (χ0v) is 21.1. The summed E-state index contributed by atoms with van der Waals surface area (Å²) in [5, 5.41) is 7.13. The third-order valence-electron chi connectivity index (χ3n) is 7.13. The normalized spacial score (nSPS) is 11.8. The van der Waals surface area contributed by atoms with Gasteiger partial charge in [-0.3, -0.25) is 0 Å². The Labute approximate surface area is 206 Å². The minimum atomic E-state index is -2.16. The molecule has 6 rings (SSSR count). The molecule has 1 heterocycles. The van der Waals surface area contributed by atoms with Gasteiger partial charge < -0.3 is 0 Å². The molecular formula is C32H26SSi. The first kappa shape index (κ1) is 21.1. The third kappa shape index (κ3) is 3.34. The molecule has 0 fully saturated rings. The van der Waals surface area contributed by atoms with Gasteiger partial charge in [0.25, 0.3) is 0 Å². The zero-order chi connectivity index (χ0) is 23.0. The predicted octanol–water partition coefficient (Wildman–Crippen LogP) is 7.21. The van der Waals surface area contributed by atoms with E-state index in [0.29, 0.717) is 0 Å². The largest absolute Gasteiger partial charge is 0.148 e. The Morgan fingerprint density at radius 3 is 1.85 bits per heavy atom. The summed E-state index contributed by atoms with van der Waals surface area (Å²) in [6.07, 6.45) is 0. The Morgan fingerprint density at radius 2 is 1.15 bits per heavy atom. The van der Waals surface area contributed by atoms with Crippen LogP contribution in [0.3, 0.4) is 0 Å². The Hall–Kier alpha value is -3.46. The fourth-order valence-corrected chi connectivity index (χ4v) is 11.3. The van der Waals surface area contributed by atoms with Crippen molar-refractivity contribution >= 4 is 55.1 Å². The summed E-state index contributed by atoms with van der Waals surface area (Å²) in [5.41, 5.74) is 2.65. The average Bonchev–Trinajstić information content (AvgIpc) is 3.30. The highest BCUT2D eigenvalue weighted by atomic mass is 32.1. The maximum atomic E-state index is 2.48. The molecule has 0 atom stereocenters. The number of hydrogen-bond acceptors (Lipinski definition) is 1. The Kier molecular flexibility index (Phi) is 5.41. The first-order chi connectivity index (χ1) is 16.8. The summed E-state index contributed by atoms with van der Waals surface area (Å²) in [7, 11) is -2.16. The molecule has 34 heavy (non-hydrogen) atoms. The molecule has 6 aromatic rings. The predicted molar refractivity (Wildman–Crippen MR) is 153 cm³/mol. The fourth-order valence-electron chi connectivity index (χ4n) is 5.48. The van der Waals surface area contributed by atoms with Crippen molar-refractivity contribution in [2.75, 3.05) is 0 Å². The minimum Gasteiger partial charge on any atom is -0.135 e. The van der Waals surface area contributed by atoms with E-state index in [1.165, 1.54) is 46.9 Å². The first-order valence-electron chi connectivity index (χ1n) is 11.9. The number of thiophene rings is 1. The number of rotatable bonds is 5. The van der Waals surface area contributed by atoms with E-state index >= 15 is 0 Å². The molecule has 0 unspecified atom stereocenters. The van der Waals surface area contributed by atoms with Crippen LogP contribution < -0.4 is 15.6 Å². The second kappa shape index (κ2) is 8.71. The third-order valence-corrected chi connectivity index (χ3v) is 13.3. The monoisotopic (exact) mass is 470 g/mol. The summed E-state index contributed by atoms with van der Waals surface area (Å²) < 4.78 is 2.73. The second-order valence-electron chi connectivity index (χ2n) is 8.85. The molecular weight excluding hydrogens is 445 g/mol. The molecule has 0 aliphatic rings. The van der Waals surface area contributed by atoms with Crippen molar-refractivity contribution in [3.63, 3.8) is 0 Å². The zero-order valence-electron chi connectivity index (χ0n) is 19.2. The summed E-state index contributed by atoms with van der Waals surface area (Å²) in [6, 6.07) is 48.4. The molecule has 0 bridgehead atoms. The van der Waals surface area contributed by atoms with Crippen LogP contribution in [0.4, 0.5) is 0 Å². The molecule has 0 saturated heterocycles. The molecule has 0 radical (unpaired) electrons. The van der Waals surface area contributed by atoms with Crippen LogP contribution in [0.5, 0.6) is 0 Å². The van der Waals surface area contributed by atoms with Gasteiger partial charge in [-0.2, -0.15) is 0 Å². The number of fused-ring (bicyclic) bond motifs is 3. The molecule has 2 heteroatoms. The molecule has 0 amide bonds. The molecule has 0 saturated carbocycles. The van der Waals surface area contributed by atoms with Crippen molar-refractivity contribution < 1.29 is 0 Å². The molecule has 1 aromatic heterocycles. The lowest BCUT2D eigenvalue weighted by molar-refractivity contribution is 1.40. The SMILES string of the molecule is CC[Si](c1ccccc1)(c1ccccc1)c1cccc(-c2cccc3c2sc2ccccc23)c1. The van der Waals surface area contributed by atoms with Crippen LogP contribution in [0.15, 0.2) is 127 Å². The van der Waals surface area contributed by atoms with Gasteiger partial charge >= 0.3 is 0 Å². The van der Waals surface area contributed by atoms with Crippen LogP contribution in [-0.2, 0) is 0 Å². The van der Waals surface area contributed by atoms with E-state index in [9.17, 15) is 0 Å². The quantitative estimate of drug-likeness (QED) is 0.184. The van der Waals surface area contributed by atoms with Gasteiger partial charge in [0, 0.05) is 20.2 Å². The molecule has 0 aliphatic carbocycles. The van der Waals surface area contributed by atoms with Gasteiger partial charge in [0.1, 0.15) is 8.07 Å². The number of benzene rings is 5. The van der Waals surface area contributed by atoms with E-state index in [4.69, 9.17) is 0 Å². The van der Waals surface area contributed by atoms with Gasteiger partial charge in [-0.15, -0.1) is 11.3 Å². The van der Waals surface area contributed by atoms with Gasteiger partial charge in [-0.25, -0.2) is 0 Å². The van der Waals surface area contributed by atoms with Crippen LogP contribution in [0.2, 0.25) is 6.04 Å². The van der Waals surface area contributed by atoms with Gasteiger partial charge in [0.05, 0.1) is 0 Å². The van der Waals surface area contributed by atoms with Crippen LogP contribution in [0.1, 0.15) is 6.92 Å². The fraction of sp³-hybridized carbons (Fsp3) is 0.0625. The maximum Gasteiger partial charge on any atom is 0.148 e. The topological polar surface area (TPSA) is 0 Å². The van der Waals surface area contributed by atoms with Crippen molar-refractivity contribution in [1.29, 1.82) is 0 Å². The van der Waals surface area contributed by atoms with Crippen molar-refractivity contribution in [1.82, 2.24) is 0 Å². The summed E-state index contributed by atoms with van der Waals surface area (Å²) in [6.45, 7) is 2.37. The number of hydrogen-bond donors (Lipinski definition) is 0. The minimum absolute atomic E-state index is 1.12. The van der Waals surface area contributed by atoms with Crippen molar-refractivity contribution in [2.24, 2.45) is 0 Å². The summed E-state index contributed by atoms with van der Waals surface area (Å²) >= 11 is 1.91. The molecule has 0 spiro atoms. The van der Waals surface area contributed by atoms with Crippen molar-refractivity contribution in [3.05, 3.63) is 127 Å². The Morgan fingerprint density at radius 1 is 0.559 bits per heavy atom. The second-order valence-corrected chi connectivity index (χ2v) is 14.2. The smallest absolute Gasteiger partial charge is 0.135 e. The highest BCUT2D eigenvalue weighted by Gasteiger charge is 2.37. The van der Waals surface area contributed by atoms with Gasteiger partial charge in [0.15, 0.2) is 0 Å². The van der Waals surface area contributed by atoms with E-state index in [1.54, 1.807) is 0 Å². The Bertz CT molecular complexity index is 1540. The highest BCUT2D eigenvalue weighted by Crippen LogP contribution is 2.39. The first-order valence-corrected chi connectivity index (χ1v) is 15.0. The molecule has 164 valence electrons. The molecule has 0 N–H and O–H groups in total. The lowest BCUT2D eigenvalue weighted by Crippen LogP contribution is -2.66. The van der Waals surface area contributed by atoms with Gasteiger partial charge in [0.2, 0.25) is 0 Å². The molecule has 0 nitrogen and oxygen atoms in total. The van der Waals surface area contributed by atoms with E-state index in [1.807, 2.05) is 11.3 Å². The van der Waals surface area contributed by atoms with E-state index in [0.717, 1.165) is 6.04 Å². The lowest BCUT2D eigenvalue weighted by Gasteiger charge is -2.33. The molecule has 0 aliphatic heterocycles. The van der Waals surface area contributed by atoms with Crippen LogP contribution in [-0.4, -0.2) is 8.07 Å². The van der Waals surface area contributed by atoms with E-state index < -0.39 is 8.07 Å². The maximum absolute atomic E-state index is 2.48. The van der Waals surface area contributed by atoms with E-state index in [-0.39, 0.29) is 0 Å². The average molecular weight is 471 g/mol. The van der Waals surface area contributed by atoms with Crippen molar-refractivity contribution in [2.45, 2.75) is 13.0 Å². The summed E-state index contributed by atoms with van der Waals surface area (Å²) in [5.74, 6) is 0. The van der Waals surface area contributed by atoms with E-state index in [2.05, 4.69) is 134 Å². The standard InChI is InChI=1S/C32H26SSi/c1-2-34(25-14-5-3-6-15-25,26-16-7-4-8-17-26)27-18-11-13-24(23-27)28-20-12-21-30-29-19-9-10-22-31(29)33-32(28)30/h3-23H,2H2,1H3. The lowest BCUT2D eigenvalue weighted by atomic mass is 10.0. The highest BCUT2D eigenvalue weighted by molar-refractivity contribution is 7.26. The van der Waals surface area contributed by atoms with Crippen LogP contribution in [0.25, 0.3) is 31.3 Å². The van der Waals surface area contributed by atoms with Crippen molar-refractivity contribution in [3.8, 4) is 11.1 Å². The molecule has 5 aromatic carbocycles. The van der Waals surface area contributed by atoms with Gasteiger partial charge in [-0.05, 0) is 38.8 Å². The van der Waals surface area contributed by atoms with Crippen LogP contribution in [0, 0.1) is 0 Å².